The Morgan fingerprint density at radius 3 is 2.38 bits per heavy atom. The molecule has 1 aromatic heterocycles. The van der Waals surface area contributed by atoms with Crippen LogP contribution < -0.4 is 5.32 Å². The number of aryl methyl sites for hydroxylation is 2. The molecule has 116 valence electrons. The van der Waals surface area contributed by atoms with Crippen molar-refractivity contribution in [3.05, 3.63) is 17.0 Å². The van der Waals surface area contributed by atoms with E-state index in [0.29, 0.717) is 25.1 Å². The summed E-state index contributed by atoms with van der Waals surface area (Å²) in [6, 6.07) is -0.488. The average molecular weight is 293 g/mol. The average Bonchev–Trinajstić information content (AvgIpc) is 2.79. The lowest BCUT2D eigenvalue weighted by Crippen LogP contribution is -2.69. The lowest BCUT2D eigenvalue weighted by molar-refractivity contribution is -0.155. The molecule has 0 radical (unpaired) electrons. The van der Waals surface area contributed by atoms with Gasteiger partial charge in [-0.2, -0.15) is 0 Å². The van der Waals surface area contributed by atoms with E-state index in [0.717, 1.165) is 11.3 Å². The molecule has 0 saturated carbocycles. The topological polar surface area (TPSA) is 75.4 Å². The van der Waals surface area contributed by atoms with Crippen molar-refractivity contribution in [3.8, 4) is 0 Å². The van der Waals surface area contributed by atoms with Crippen molar-refractivity contribution in [2.24, 2.45) is 0 Å². The van der Waals surface area contributed by atoms with Crippen LogP contribution in [0.5, 0.6) is 0 Å². The minimum absolute atomic E-state index is 0.0281. The van der Waals surface area contributed by atoms with Gasteiger partial charge in [0.05, 0.1) is 12.2 Å². The largest absolute Gasteiger partial charge is 0.361 e. The lowest BCUT2D eigenvalue weighted by Gasteiger charge is -2.44. The highest BCUT2D eigenvalue weighted by Gasteiger charge is 2.47. The molecule has 1 aromatic rings. The Bertz CT molecular complexity index is 541. The van der Waals surface area contributed by atoms with E-state index >= 15 is 0 Å². The van der Waals surface area contributed by atoms with Gasteiger partial charge in [0.25, 0.3) is 0 Å². The standard InChI is InChI=1S/C15H23N3O3/c1-6-15(7-2)14(20)18(10(4)13(19)16-15)8-12-9(3)17-21-11(12)5/h10H,6-8H2,1-5H3,(H,16,19). The highest BCUT2D eigenvalue weighted by molar-refractivity contribution is 5.99. The first-order valence-corrected chi connectivity index (χ1v) is 7.41. The smallest absolute Gasteiger partial charge is 0.249 e. The lowest BCUT2D eigenvalue weighted by atomic mass is 9.87. The Morgan fingerprint density at radius 1 is 1.29 bits per heavy atom. The first kappa shape index (κ1) is 15.5. The highest BCUT2D eigenvalue weighted by atomic mass is 16.5. The van der Waals surface area contributed by atoms with Crippen LogP contribution in [0, 0.1) is 13.8 Å². The summed E-state index contributed by atoms with van der Waals surface area (Å²) in [6.07, 6.45) is 1.16. The Kier molecular flexibility index (Phi) is 4.07. The van der Waals surface area contributed by atoms with Crippen LogP contribution in [-0.2, 0) is 16.1 Å². The van der Waals surface area contributed by atoms with E-state index in [-0.39, 0.29) is 11.8 Å². The molecule has 1 unspecified atom stereocenters. The molecule has 1 saturated heterocycles. The summed E-state index contributed by atoms with van der Waals surface area (Å²) in [5.74, 6) is 0.557. The van der Waals surface area contributed by atoms with Crippen molar-refractivity contribution < 1.29 is 14.1 Å². The second kappa shape index (κ2) is 5.50. The van der Waals surface area contributed by atoms with Crippen LogP contribution in [0.1, 0.15) is 50.6 Å². The molecule has 2 heterocycles. The maximum atomic E-state index is 12.9. The zero-order valence-electron chi connectivity index (χ0n) is 13.3. The van der Waals surface area contributed by atoms with E-state index in [1.165, 1.54) is 0 Å². The normalized spacial score (nSPS) is 21.6. The van der Waals surface area contributed by atoms with Crippen LogP contribution in [0.4, 0.5) is 0 Å². The number of carbonyl (C=O) groups is 2. The highest BCUT2D eigenvalue weighted by Crippen LogP contribution is 2.27. The quantitative estimate of drug-likeness (QED) is 0.916. The first-order valence-electron chi connectivity index (χ1n) is 7.41. The molecule has 0 bridgehead atoms. The summed E-state index contributed by atoms with van der Waals surface area (Å²) < 4.78 is 5.15. The van der Waals surface area contributed by atoms with Crippen molar-refractivity contribution in [1.29, 1.82) is 0 Å². The van der Waals surface area contributed by atoms with Gasteiger partial charge in [-0.3, -0.25) is 9.59 Å². The van der Waals surface area contributed by atoms with Crippen LogP contribution in [0.25, 0.3) is 0 Å². The molecule has 21 heavy (non-hydrogen) atoms. The van der Waals surface area contributed by atoms with Gasteiger partial charge < -0.3 is 14.7 Å². The van der Waals surface area contributed by atoms with Gasteiger partial charge in [-0.25, -0.2) is 0 Å². The van der Waals surface area contributed by atoms with Gasteiger partial charge in [0.1, 0.15) is 17.3 Å². The van der Waals surface area contributed by atoms with Gasteiger partial charge in [0, 0.05) is 5.56 Å². The van der Waals surface area contributed by atoms with Crippen molar-refractivity contribution >= 4 is 11.8 Å². The molecule has 1 N–H and O–H groups in total. The van der Waals surface area contributed by atoms with Gasteiger partial charge >= 0.3 is 0 Å². The molecule has 0 aliphatic carbocycles. The number of nitrogens with zero attached hydrogens (tertiary/aromatic N) is 2. The van der Waals surface area contributed by atoms with Gasteiger partial charge in [-0.1, -0.05) is 19.0 Å². The molecular formula is C15H23N3O3. The third-order valence-corrected chi connectivity index (χ3v) is 4.60. The Balaban J connectivity index is 2.36. The van der Waals surface area contributed by atoms with Crippen molar-refractivity contribution in [2.75, 3.05) is 0 Å². The number of aromatic nitrogens is 1. The van der Waals surface area contributed by atoms with Gasteiger partial charge in [-0.05, 0) is 33.6 Å². The minimum atomic E-state index is -0.789. The monoisotopic (exact) mass is 293 g/mol. The second-order valence-corrected chi connectivity index (χ2v) is 5.69. The van der Waals surface area contributed by atoms with Crippen molar-refractivity contribution in [1.82, 2.24) is 15.4 Å². The SMILES string of the molecule is CCC1(CC)NC(=O)C(C)N(Cc2c(C)noc2C)C1=O. The maximum absolute atomic E-state index is 12.9. The van der Waals surface area contributed by atoms with Gasteiger partial charge in [0.15, 0.2) is 0 Å². The third-order valence-electron chi connectivity index (χ3n) is 4.60. The number of piperazine rings is 1. The van der Waals surface area contributed by atoms with E-state index in [1.54, 1.807) is 11.8 Å². The molecule has 2 rings (SSSR count). The number of nitrogens with one attached hydrogen (secondary N) is 1. The minimum Gasteiger partial charge on any atom is -0.361 e. The van der Waals surface area contributed by atoms with Crippen LogP contribution in [-0.4, -0.2) is 33.5 Å². The van der Waals surface area contributed by atoms with Gasteiger partial charge in [0.2, 0.25) is 11.8 Å². The molecule has 6 heteroatoms. The number of rotatable bonds is 4. The fourth-order valence-corrected chi connectivity index (χ4v) is 2.82. The summed E-state index contributed by atoms with van der Waals surface area (Å²) >= 11 is 0. The summed E-state index contributed by atoms with van der Waals surface area (Å²) in [5.41, 5.74) is 0.853. The predicted molar refractivity (Wildman–Crippen MR) is 77.4 cm³/mol. The van der Waals surface area contributed by atoms with E-state index in [9.17, 15) is 9.59 Å². The van der Waals surface area contributed by atoms with Crippen LogP contribution in [0.15, 0.2) is 4.52 Å². The van der Waals surface area contributed by atoms with E-state index < -0.39 is 11.6 Å². The van der Waals surface area contributed by atoms with Crippen LogP contribution in [0.2, 0.25) is 0 Å². The fourth-order valence-electron chi connectivity index (χ4n) is 2.82. The molecule has 0 aromatic carbocycles. The zero-order valence-corrected chi connectivity index (χ0v) is 13.3. The van der Waals surface area contributed by atoms with E-state index in [1.807, 2.05) is 27.7 Å². The molecule has 1 aliphatic heterocycles. The summed E-state index contributed by atoms with van der Waals surface area (Å²) in [7, 11) is 0. The Hall–Kier alpha value is -1.85. The van der Waals surface area contributed by atoms with Crippen molar-refractivity contribution in [3.63, 3.8) is 0 Å². The number of hydrogen-bond acceptors (Lipinski definition) is 4. The second-order valence-electron chi connectivity index (χ2n) is 5.69. The first-order chi connectivity index (χ1) is 9.86. The van der Waals surface area contributed by atoms with Gasteiger partial charge in [-0.15, -0.1) is 0 Å². The Labute approximate surface area is 124 Å². The summed E-state index contributed by atoms with van der Waals surface area (Å²) in [5, 5.41) is 6.81. The zero-order chi connectivity index (χ0) is 15.8. The number of amides is 2. The molecule has 6 nitrogen and oxygen atoms in total. The molecular weight excluding hydrogens is 270 g/mol. The molecule has 1 atom stereocenters. The van der Waals surface area contributed by atoms with Crippen LogP contribution in [0.3, 0.4) is 0 Å². The Morgan fingerprint density at radius 2 is 1.90 bits per heavy atom. The molecule has 2 amide bonds. The number of hydrogen-bond donors (Lipinski definition) is 1. The molecule has 1 aliphatic rings. The predicted octanol–water partition coefficient (Wildman–Crippen LogP) is 1.70. The summed E-state index contributed by atoms with van der Waals surface area (Å²) in [4.78, 5) is 26.7. The number of carbonyl (C=O) groups excluding carboxylic acids is 2. The van der Waals surface area contributed by atoms with E-state index in [4.69, 9.17) is 4.52 Å². The summed E-state index contributed by atoms with van der Waals surface area (Å²) in [6.45, 7) is 9.62. The molecule has 1 fully saturated rings. The van der Waals surface area contributed by atoms with E-state index in [2.05, 4.69) is 10.5 Å². The van der Waals surface area contributed by atoms with Crippen LogP contribution >= 0.6 is 0 Å². The third kappa shape index (κ3) is 2.43. The molecule has 0 spiro atoms. The maximum Gasteiger partial charge on any atom is 0.249 e. The fraction of sp³-hybridized carbons (Fsp3) is 0.667. The van der Waals surface area contributed by atoms with Crippen molar-refractivity contribution in [2.45, 2.75) is 65.6 Å².